The van der Waals surface area contributed by atoms with Crippen LogP contribution in [0.25, 0.3) is 10.4 Å². The lowest BCUT2D eigenvalue weighted by atomic mass is 10.1. The Labute approximate surface area is 191 Å². The highest BCUT2D eigenvalue weighted by Crippen LogP contribution is 2.32. The summed E-state index contributed by atoms with van der Waals surface area (Å²) < 4.78 is 0. The van der Waals surface area contributed by atoms with E-state index in [1.807, 2.05) is 35.7 Å². The number of anilines is 3. The predicted molar refractivity (Wildman–Crippen MR) is 130 cm³/mol. The van der Waals surface area contributed by atoms with E-state index >= 15 is 0 Å². The van der Waals surface area contributed by atoms with Crippen LogP contribution in [0.4, 0.5) is 21.9 Å². The summed E-state index contributed by atoms with van der Waals surface area (Å²) in [6.07, 6.45) is -0.0646. The summed E-state index contributed by atoms with van der Waals surface area (Å²) in [6.45, 7) is 1.96. The first-order chi connectivity index (χ1) is 15.4. The Morgan fingerprint density at radius 3 is 2.47 bits per heavy atom. The van der Waals surface area contributed by atoms with E-state index in [4.69, 9.17) is 5.11 Å². The molecule has 0 radical (unpaired) electrons. The van der Waals surface area contributed by atoms with Crippen LogP contribution < -0.4 is 15.5 Å². The molecule has 1 atom stereocenters. The maximum absolute atomic E-state index is 12.9. The van der Waals surface area contributed by atoms with Gasteiger partial charge >= 0.3 is 6.09 Å². The third kappa shape index (κ3) is 4.92. The van der Waals surface area contributed by atoms with Crippen molar-refractivity contribution in [1.82, 2.24) is 4.90 Å². The van der Waals surface area contributed by atoms with Crippen molar-refractivity contribution >= 4 is 40.4 Å². The van der Waals surface area contributed by atoms with E-state index in [2.05, 4.69) is 34.5 Å². The van der Waals surface area contributed by atoms with Gasteiger partial charge in [-0.3, -0.25) is 10.1 Å². The molecule has 8 heteroatoms. The number of nitrogens with zero attached hydrogens (tertiary/aromatic N) is 2. The normalized spacial score (nSPS) is 15.7. The van der Waals surface area contributed by atoms with Crippen molar-refractivity contribution in [3.05, 3.63) is 65.5 Å². The summed E-state index contributed by atoms with van der Waals surface area (Å²) in [5.41, 5.74) is 3.26. The molecule has 2 amide bonds. The molecule has 1 unspecified atom stereocenters. The highest BCUT2D eigenvalue weighted by molar-refractivity contribution is 7.13. The monoisotopic (exact) mass is 450 g/mol. The molecule has 1 aromatic heterocycles. The van der Waals surface area contributed by atoms with E-state index in [0.29, 0.717) is 23.0 Å². The van der Waals surface area contributed by atoms with Crippen LogP contribution in [0.3, 0.4) is 0 Å². The van der Waals surface area contributed by atoms with Crippen molar-refractivity contribution < 1.29 is 14.7 Å². The van der Waals surface area contributed by atoms with E-state index in [1.165, 1.54) is 0 Å². The number of thiophene rings is 1. The van der Waals surface area contributed by atoms with Crippen molar-refractivity contribution in [2.24, 2.45) is 0 Å². The van der Waals surface area contributed by atoms with E-state index in [1.54, 1.807) is 35.6 Å². The third-order valence-electron chi connectivity index (χ3n) is 5.70. The molecule has 7 nitrogen and oxygen atoms in total. The Balaban J connectivity index is 1.51. The Morgan fingerprint density at radius 2 is 1.84 bits per heavy atom. The minimum absolute atomic E-state index is 0.291. The smallest absolute Gasteiger partial charge is 0.409 e. The summed E-state index contributed by atoms with van der Waals surface area (Å²) >= 11 is 1.58. The van der Waals surface area contributed by atoms with Crippen molar-refractivity contribution in [2.75, 3.05) is 42.7 Å². The second kappa shape index (κ2) is 9.42. The summed E-state index contributed by atoms with van der Waals surface area (Å²) in [5.74, 6) is -0.291. The average Bonchev–Trinajstić information content (AvgIpc) is 3.47. The molecule has 3 N–H and O–H groups in total. The zero-order chi connectivity index (χ0) is 22.7. The summed E-state index contributed by atoms with van der Waals surface area (Å²) in [7, 11) is 4.20. The van der Waals surface area contributed by atoms with Gasteiger partial charge in [0.25, 0.3) is 5.91 Å². The van der Waals surface area contributed by atoms with Crippen LogP contribution in [0, 0.1) is 0 Å². The first kappa shape index (κ1) is 21.9. The van der Waals surface area contributed by atoms with E-state index in [0.717, 1.165) is 35.6 Å². The minimum Gasteiger partial charge on any atom is -0.465 e. The van der Waals surface area contributed by atoms with Gasteiger partial charge in [0.15, 0.2) is 0 Å². The first-order valence-corrected chi connectivity index (χ1v) is 11.3. The lowest BCUT2D eigenvalue weighted by Gasteiger charge is -2.22. The maximum Gasteiger partial charge on any atom is 0.409 e. The van der Waals surface area contributed by atoms with Gasteiger partial charge in [0.2, 0.25) is 0 Å². The molecule has 0 spiro atoms. The van der Waals surface area contributed by atoms with Gasteiger partial charge in [0.1, 0.15) is 0 Å². The summed E-state index contributed by atoms with van der Waals surface area (Å²) in [6, 6.07) is 17.3. The highest BCUT2D eigenvalue weighted by Gasteiger charge is 2.24. The molecule has 1 fully saturated rings. The molecule has 166 valence electrons. The molecule has 2 heterocycles. The van der Waals surface area contributed by atoms with Gasteiger partial charge in [-0.25, -0.2) is 4.79 Å². The third-order valence-corrected chi connectivity index (χ3v) is 6.62. The molecule has 0 aliphatic carbocycles. The van der Waals surface area contributed by atoms with Crippen LogP contribution in [0.15, 0.2) is 60.0 Å². The number of benzene rings is 2. The Bertz CT molecular complexity index is 1100. The molecule has 1 aliphatic heterocycles. The van der Waals surface area contributed by atoms with Crippen molar-refractivity contribution in [2.45, 2.75) is 12.5 Å². The standard InChI is InChI=1S/C24H26N4O3S/c1-27(2)19-11-12-28(15-19)18-8-5-16(6-9-18)23(29)25-21-14-17(22-4-3-13-32-22)7-10-20(21)26-24(30)31/h3-10,13-14,19,26H,11-12,15H2,1-2H3,(H,25,29)(H,30,31). The fraction of sp³-hybridized carbons (Fsp3) is 0.250. The second-order valence-electron chi connectivity index (χ2n) is 8.02. The zero-order valence-electron chi connectivity index (χ0n) is 18.0. The van der Waals surface area contributed by atoms with Crippen LogP contribution in [0.5, 0.6) is 0 Å². The van der Waals surface area contributed by atoms with Gasteiger partial charge in [-0.2, -0.15) is 0 Å². The van der Waals surface area contributed by atoms with Crippen molar-refractivity contribution in [3.63, 3.8) is 0 Å². The van der Waals surface area contributed by atoms with Crippen LogP contribution in [-0.4, -0.2) is 55.2 Å². The number of rotatable bonds is 6. The fourth-order valence-corrected chi connectivity index (χ4v) is 4.61. The Kier molecular flexibility index (Phi) is 6.43. The second-order valence-corrected chi connectivity index (χ2v) is 8.97. The van der Waals surface area contributed by atoms with Crippen molar-refractivity contribution in [1.29, 1.82) is 0 Å². The number of likely N-dealkylation sites (N-methyl/N-ethyl adjacent to an activating group) is 1. The highest BCUT2D eigenvalue weighted by atomic mass is 32.1. The number of carbonyl (C=O) groups excluding carboxylic acids is 1. The predicted octanol–water partition coefficient (Wildman–Crippen LogP) is 4.90. The van der Waals surface area contributed by atoms with Crippen LogP contribution in [0.1, 0.15) is 16.8 Å². The molecular weight excluding hydrogens is 424 g/mol. The number of hydrogen-bond acceptors (Lipinski definition) is 5. The molecule has 2 aromatic carbocycles. The molecule has 3 aromatic rings. The van der Waals surface area contributed by atoms with Crippen LogP contribution in [-0.2, 0) is 0 Å². The van der Waals surface area contributed by atoms with E-state index in [-0.39, 0.29) is 5.91 Å². The first-order valence-electron chi connectivity index (χ1n) is 10.4. The van der Waals surface area contributed by atoms with E-state index in [9.17, 15) is 9.59 Å². The zero-order valence-corrected chi connectivity index (χ0v) is 18.9. The minimum atomic E-state index is -1.18. The summed E-state index contributed by atoms with van der Waals surface area (Å²) in [4.78, 5) is 29.7. The quantitative estimate of drug-likeness (QED) is 0.498. The molecule has 0 saturated carbocycles. The molecule has 4 rings (SSSR count). The Morgan fingerprint density at radius 1 is 1.06 bits per heavy atom. The largest absolute Gasteiger partial charge is 0.465 e. The fourth-order valence-electron chi connectivity index (χ4n) is 3.88. The van der Waals surface area contributed by atoms with Crippen molar-refractivity contribution in [3.8, 4) is 10.4 Å². The number of carbonyl (C=O) groups is 2. The van der Waals surface area contributed by atoms with Gasteiger partial charge in [0, 0.05) is 35.3 Å². The van der Waals surface area contributed by atoms with Gasteiger partial charge in [-0.1, -0.05) is 12.1 Å². The van der Waals surface area contributed by atoms with Gasteiger partial charge in [-0.05, 0) is 73.9 Å². The van der Waals surface area contributed by atoms with Crippen LogP contribution in [0.2, 0.25) is 0 Å². The van der Waals surface area contributed by atoms with Gasteiger partial charge < -0.3 is 20.2 Å². The average molecular weight is 451 g/mol. The molecular formula is C24H26N4O3S. The SMILES string of the molecule is CN(C)C1CCN(c2ccc(C(=O)Nc3cc(-c4cccs4)ccc3NC(=O)O)cc2)C1. The summed E-state index contributed by atoms with van der Waals surface area (Å²) in [5, 5.41) is 16.3. The van der Waals surface area contributed by atoms with Crippen LogP contribution >= 0.6 is 11.3 Å². The lowest BCUT2D eigenvalue weighted by molar-refractivity contribution is 0.102. The maximum atomic E-state index is 12.9. The number of hydrogen-bond donors (Lipinski definition) is 3. The number of amides is 2. The van der Waals surface area contributed by atoms with Gasteiger partial charge in [0.05, 0.1) is 11.4 Å². The molecule has 1 saturated heterocycles. The van der Waals surface area contributed by atoms with E-state index < -0.39 is 6.09 Å². The number of carboxylic acid groups (broad SMARTS) is 1. The Hall–Kier alpha value is -3.36. The van der Waals surface area contributed by atoms with Gasteiger partial charge in [-0.15, -0.1) is 11.3 Å². The lowest BCUT2D eigenvalue weighted by Crippen LogP contribution is -2.31. The topological polar surface area (TPSA) is 84.9 Å². The molecule has 0 bridgehead atoms. The number of nitrogens with one attached hydrogen (secondary N) is 2. The molecule has 32 heavy (non-hydrogen) atoms. The molecule has 1 aliphatic rings.